The lowest BCUT2D eigenvalue weighted by molar-refractivity contribution is -0.131. The Kier molecular flexibility index (Phi) is 14.0. The molecule has 11 heteroatoms. The molecule has 2 amide bonds. The third kappa shape index (κ3) is 11.8. The van der Waals surface area contributed by atoms with Crippen LogP contribution in [0.25, 0.3) is 0 Å². The number of aromatic amines is 1. The molecule has 2 aliphatic rings. The summed E-state index contributed by atoms with van der Waals surface area (Å²) in [7, 11) is 0. The quantitative estimate of drug-likeness (QED) is 0.0807. The molecule has 2 fully saturated rings. The summed E-state index contributed by atoms with van der Waals surface area (Å²) in [5.41, 5.74) is 1.76. The highest BCUT2D eigenvalue weighted by Gasteiger charge is 2.29. The van der Waals surface area contributed by atoms with Gasteiger partial charge in [-0.05, 0) is 62.2 Å². The van der Waals surface area contributed by atoms with E-state index < -0.39 is 0 Å². The Labute approximate surface area is 290 Å². The standard InChI is InChI=1S/C37H54N8O2S/c1-3-4-5-6-7-8-9-10-11-12-13-14-15-35(46)45-24-22-44(23-25-45)34-27-32(39-33-26-28(2)42-43-33)40-37(41-34)48-31-20-18-30(19-21-31)38-36(47)29-16-17-29/h18-21,26-27,29H,3-17,22-25H2,1-2H3,(H,38,47)(H2,39,40,41,42,43). The van der Waals surface area contributed by atoms with Gasteiger partial charge in [0.2, 0.25) is 11.8 Å². The molecule has 3 aromatic rings. The summed E-state index contributed by atoms with van der Waals surface area (Å²) in [5, 5.41) is 14.2. The van der Waals surface area contributed by atoms with Crippen molar-refractivity contribution in [3.8, 4) is 0 Å². The van der Waals surface area contributed by atoms with Crippen molar-refractivity contribution in [1.29, 1.82) is 0 Å². The van der Waals surface area contributed by atoms with Gasteiger partial charge in [0.1, 0.15) is 11.6 Å². The van der Waals surface area contributed by atoms with Gasteiger partial charge in [0, 0.05) is 66.9 Å². The van der Waals surface area contributed by atoms with Crippen LogP contribution in [0.4, 0.5) is 23.1 Å². The molecule has 1 aliphatic carbocycles. The number of anilines is 4. The van der Waals surface area contributed by atoms with Crippen molar-refractivity contribution < 1.29 is 9.59 Å². The fraction of sp³-hybridized carbons (Fsp3) is 0.595. The van der Waals surface area contributed by atoms with E-state index in [1.807, 2.05) is 48.2 Å². The van der Waals surface area contributed by atoms with Gasteiger partial charge in [-0.3, -0.25) is 14.7 Å². The molecule has 0 atom stereocenters. The Balaban J connectivity index is 1.08. The summed E-state index contributed by atoms with van der Waals surface area (Å²) in [6.45, 7) is 7.06. The number of unbranched alkanes of at least 4 members (excludes halogenated alkanes) is 11. The van der Waals surface area contributed by atoms with E-state index in [-0.39, 0.29) is 17.7 Å². The van der Waals surface area contributed by atoms with Crippen molar-refractivity contribution in [1.82, 2.24) is 25.1 Å². The van der Waals surface area contributed by atoms with Crippen LogP contribution < -0.4 is 15.5 Å². The second-order valence-electron chi connectivity index (χ2n) is 13.4. The molecule has 0 radical (unpaired) electrons. The molecule has 2 aromatic heterocycles. The van der Waals surface area contributed by atoms with Gasteiger partial charge >= 0.3 is 0 Å². The number of aryl methyl sites for hydroxylation is 1. The molecule has 10 nitrogen and oxygen atoms in total. The zero-order valence-corrected chi connectivity index (χ0v) is 29.8. The molecule has 0 bridgehead atoms. The number of carbonyl (C=O) groups is 2. The summed E-state index contributed by atoms with van der Waals surface area (Å²) in [4.78, 5) is 40.1. The van der Waals surface area contributed by atoms with E-state index in [9.17, 15) is 9.59 Å². The van der Waals surface area contributed by atoms with Gasteiger partial charge in [-0.25, -0.2) is 9.97 Å². The molecular weight excluding hydrogens is 621 g/mol. The second kappa shape index (κ2) is 18.8. The normalized spacial score (nSPS) is 14.7. The third-order valence-corrected chi connectivity index (χ3v) is 10.0. The Hall–Kier alpha value is -3.60. The minimum atomic E-state index is 0.0990. The summed E-state index contributed by atoms with van der Waals surface area (Å²) in [6, 6.07) is 11.7. The Morgan fingerprint density at radius 1 is 0.833 bits per heavy atom. The molecule has 0 unspecified atom stereocenters. The largest absolute Gasteiger partial charge is 0.353 e. The van der Waals surface area contributed by atoms with E-state index in [0.29, 0.717) is 36.3 Å². The number of nitrogens with one attached hydrogen (secondary N) is 3. The highest BCUT2D eigenvalue weighted by atomic mass is 32.2. The first-order valence-corrected chi connectivity index (χ1v) is 19.1. The molecule has 1 saturated heterocycles. The van der Waals surface area contributed by atoms with Crippen molar-refractivity contribution in [2.45, 2.75) is 120 Å². The maximum absolute atomic E-state index is 13.0. The van der Waals surface area contributed by atoms with Crippen molar-refractivity contribution in [3.63, 3.8) is 0 Å². The van der Waals surface area contributed by atoms with E-state index in [1.54, 1.807) is 0 Å². The highest BCUT2D eigenvalue weighted by Crippen LogP contribution is 2.32. The van der Waals surface area contributed by atoms with Crippen LogP contribution in [-0.2, 0) is 9.59 Å². The van der Waals surface area contributed by atoms with E-state index in [1.165, 1.54) is 76.0 Å². The Bertz CT molecular complexity index is 1430. The molecule has 1 aromatic carbocycles. The van der Waals surface area contributed by atoms with E-state index >= 15 is 0 Å². The summed E-state index contributed by atoms with van der Waals surface area (Å²) >= 11 is 1.47. The van der Waals surface area contributed by atoms with Crippen molar-refractivity contribution >= 4 is 46.7 Å². The molecule has 0 spiro atoms. The molecule has 260 valence electrons. The van der Waals surface area contributed by atoms with E-state index in [2.05, 4.69) is 32.7 Å². The predicted molar refractivity (Wildman–Crippen MR) is 195 cm³/mol. The molecule has 1 saturated carbocycles. The number of benzene rings is 1. The van der Waals surface area contributed by atoms with Crippen molar-refractivity contribution in [3.05, 3.63) is 42.1 Å². The van der Waals surface area contributed by atoms with Crippen LogP contribution in [-0.4, -0.2) is 63.1 Å². The summed E-state index contributed by atoms with van der Waals surface area (Å²) in [6.07, 6.45) is 18.2. The monoisotopic (exact) mass is 674 g/mol. The van der Waals surface area contributed by atoms with Crippen LogP contribution >= 0.6 is 11.8 Å². The average Bonchev–Trinajstić information content (AvgIpc) is 3.87. The second-order valence-corrected chi connectivity index (χ2v) is 14.4. The predicted octanol–water partition coefficient (Wildman–Crippen LogP) is 8.49. The van der Waals surface area contributed by atoms with Crippen LogP contribution in [0, 0.1) is 12.8 Å². The zero-order valence-electron chi connectivity index (χ0n) is 28.9. The maximum Gasteiger partial charge on any atom is 0.227 e. The van der Waals surface area contributed by atoms with Gasteiger partial charge in [-0.2, -0.15) is 5.10 Å². The highest BCUT2D eigenvalue weighted by molar-refractivity contribution is 7.99. The minimum absolute atomic E-state index is 0.0990. The lowest BCUT2D eigenvalue weighted by atomic mass is 10.0. The van der Waals surface area contributed by atoms with Crippen LogP contribution in [0.1, 0.15) is 109 Å². The SMILES string of the molecule is CCCCCCCCCCCCCCC(=O)N1CCN(c2cc(Nc3cc(C)[nH]n3)nc(Sc3ccc(NC(=O)C4CC4)cc3)n2)CC1. The molecule has 3 N–H and O–H groups in total. The fourth-order valence-electron chi connectivity index (χ4n) is 6.06. The van der Waals surface area contributed by atoms with Gasteiger partial charge < -0.3 is 20.4 Å². The first-order chi connectivity index (χ1) is 23.5. The lowest BCUT2D eigenvalue weighted by Gasteiger charge is -2.35. The molecule has 5 rings (SSSR count). The van der Waals surface area contributed by atoms with Crippen LogP contribution in [0.2, 0.25) is 0 Å². The number of H-pyrrole nitrogens is 1. The molecule has 3 heterocycles. The van der Waals surface area contributed by atoms with Crippen LogP contribution in [0.3, 0.4) is 0 Å². The van der Waals surface area contributed by atoms with Gasteiger partial charge in [-0.1, -0.05) is 77.6 Å². The number of rotatable bonds is 20. The number of amides is 2. The number of carbonyl (C=O) groups excluding carboxylic acids is 2. The molecule has 48 heavy (non-hydrogen) atoms. The van der Waals surface area contributed by atoms with Crippen molar-refractivity contribution in [2.75, 3.05) is 41.7 Å². The van der Waals surface area contributed by atoms with Gasteiger partial charge in [0.25, 0.3) is 0 Å². The number of piperazine rings is 1. The fourth-order valence-corrected chi connectivity index (χ4v) is 6.83. The number of aromatic nitrogens is 4. The number of hydrogen-bond donors (Lipinski definition) is 3. The minimum Gasteiger partial charge on any atom is -0.353 e. The lowest BCUT2D eigenvalue weighted by Crippen LogP contribution is -2.49. The zero-order chi connectivity index (χ0) is 33.6. The molecular formula is C37H54N8O2S. The Morgan fingerprint density at radius 3 is 2.08 bits per heavy atom. The van der Waals surface area contributed by atoms with Crippen LogP contribution in [0.15, 0.2) is 46.5 Å². The van der Waals surface area contributed by atoms with E-state index in [0.717, 1.165) is 60.9 Å². The smallest absolute Gasteiger partial charge is 0.227 e. The number of hydrogen-bond acceptors (Lipinski definition) is 8. The topological polar surface area (TPSA) is 119 Å². The summed E-state index contributed by atoms with van der Waals surface area (Å²) < 4.78 is 0. The first-order valence-electron chi connectivity index (χ1n) is 18.3. The van der Waals surface area contributed by atoms with Gasteiger partial charge in [0.05, 0.1) is 0 Å². The third-order valence-electron chi connectivity index (χ3n) is 9.13. The van der Waals surface area contributed by atoms with Gasteiger partial charge in [0.15, 0.2) is 11.0 Å². The van der Waals surface area contributed by atoms with Crippen molar-refractivity contribution in [2.24, 2.45) is 5.92 Å². The molecule has 1 aliphatic heterocycles. The summed E-state index contributed by atoms with van der Waals surface area (Å²) in [5.74, 6) is 2.71. The Morgan fingerprint density at radius 2 is 1.48 bits per heavy atom. The average molecular weight is 675 g/mol. The van der Waals surface area contributed by atoms with Gasteiger partial charge in [-0.15, -0.1) is 0 Å². The number of nitrogens with zero attached hydrogens (tertiary/aromatic N) is 5. The van der Waals surface area contributed by atoms with Crippen LogP contribution in [0.5, 0.6) is 0 Å². The van der Waals surface area contributed by atoms with E-state index in [4.69, 9.17) is 9.97 Å². The maximum atomic E-state index is 13.0. The first kappa shape index (κ1) is 35.7.